The zero-order chi connectivity index (χ0) is 12.1. The van der Waals surface area contributed by atoms with E-state index in [1.54, 1.807) is 25.3 Å². The Morgan fingerprint density at radius 2 is 2.19 bits per heavy atom. The Balaban J connectivity index is 2.76. The number of nitrogens with one attached hydrogen (secondary N) is 1. The number of carbonyl (C=O) groups excluding carboxylic acids is 1. The summed E-state index contributed by atoms with van der Waals surface area (Å²) >= 11 is 11.7. The summed E-state index contributed by atoms with van der Waals surface area (Å²) in [6.07, 6.45) is 0. The molecule has 1 amide bonds. The Labute approximate surface area is 105 Å². The fourth-order valence-electron chi connectivity index (χ4n) is 1.26. The number of amides is 1. The van der Waals surface area contributed by atoms with Gasteiger partial charge >= 0.3 is 0 Å². The average molecular weight is 262 g/mol. The molecule has 0 aliphatic heterocycles. The molecule has 1 atom stereocenters. The van der Waals surface area contributed by atoms with Crippen LogP contribution < -0.4 is 5.32 Å². The lowest BCUT2D eigenvalue weighted by Gasteiger charge is -2.13. The highest BCUT2D eigenvalue weighted by Gasteiger charge is 2.13. The standard InChI is InChI=1S/C11H13Cl2NO2/c1-7(6-16-2)14-11(15)9-5-8(12)3-4-10(9)13/h3-5,7H,6H2,1-2H3,(H,14,15). The second kappa shape index (κ2) is 6.09. The molecule has 5 heteroatoms. The topological polar surface area (TPSA) is 38.3 Å². The molecule has 0 heterocycles. The van der Waals surface area contributed by atoms with Crippen LogP contribution in [-0.2, 0) is 4.74 Å². The molecule has 0 aliphatic rings. The second-order valence-electron chi connectivity index (χ2n) is 3.45. The first-order chi connectivity index (χ1) is 7.54. The highest BCUT2D eigenvalue weighted by Crippen LogP contribution is 2.20. The number of benzene rings is 1. The summed E-state index contributed by atoms with van der Waals surface area (Å²) in [6.45, 7) is 2.30. The number of hydrogen-bond acceptors (Lipinski definition) is 2. The second-order valence-corrected chi connectivity index (χ2v) is 4.30. The minimum absolute atomic E-state index is 0.0763. The van der Waals surface area contributed by atoms with E-state index in [-0.39, 0.29) is 11.9 Å². The van der Waals surface area contributed by atoms with Crippen molar-refractivity contribution in [2.45, 2.75) is 13.0 Å². The third-order valence-corrected chi connectivity index (χ3v) is 2.53. The van der Waals surface area contributed by atoms with Crippen molar-refractivity contribution in [2.75, 3.05) is 13.7 Å². The molecule has 0 bridgehead atoms. The van der Waals surface area contributed by atoms with Gasteiger partial charge in [0.15, 0.2) is 0 Å². The summed E-state index contributed by atoms with van der Waals surface area (Å²) in [5.41, 5.74) is 0.372. The molecule has 1 aromatic rings. The third-order valence-electron chi connectivity index (χ3n) is 1.97. The van der Waals surface area contributed by atoms with E-state index in [4.69, 9.17) is 27.9 Å². The number of rotatable bonds is 4. The molecule has 0 fully saturated rings. The number of halogens is 2. The Hall–Kier alpha value is -0.770. The van der Waals surface area contributed by atoms with Crippen LogP contribution in [-0.4, -0.2) is 25.7 Å². The van der Waals surface area contributed by atoms with Gasteiger partial charge in [-0.05, 0) is 25.1 Å². The van der Waals surface area contributed by atoms with Gasteiger partial charge in [-0.3, -0.25) is 4.79 Å². The summed E-state index contributed by atoms with van der Waals surface area (Å²) < 4.78 is 4.92. The predicted molar refractivity (Wildman–Crippen MR) is 65.3 cm³/mol. The van der Waals surface area contributed by atoms with Gasteiger partial charge < -0.3 is 10.1 Å². The minimum atomic E-state index is -0.253. The van der Waals surface area contributed by atoms with Crippen molar-refractivity contribution < 1.29 is 9.53 Å². The van der Waals surface area contributed by atoms with Crippen LogP contribution in [0.15, 0.2) is 18.2 Å². The van der Waals surface area contributed by atoms with Crippen molar-refractivity contribution in [3.63, 3.8) is 0 Å². The van der Waals surface area contributed by atoms with Gasteiger partial charge in [-0.1, -0.05) is 23.2 Å². The molecule has 16 heavy (non-hydrogen) atoms. The van der Waals surface area contributed by atoms with E-state index < -0.39 is 0 Å². The first-order valence-electron chi connectivity index (χ1n) is 4.79. The van der Waals surface area contributed by atoms with Gasteiger partial charge in [0.25, 0.3) is 5.91 Å². The van der Waals surface area contributed by atoms with Gasteiger partial charge in [0.1, 0.15) is 0 Å². The van der Waals surface area contributed by atoms with Crippen molar-refractivity contribution in [1.29, 1.82) is 0 Å². The summed E-state index contributed by atoms with van der Waals surface area (Å²) in [4.78, 5) is 11.8. The largest absolute Gasteiger partial charge is 0.383 e. The highest BCUT2D eigenvalue weighted by atomic mass is 35.5. The lowest BCUT2D eigenvalue weighted by atomic mass is 10.2. The molecule has 0 saturated heterocycles. The highest BCUT2D eigenvalue weighted by molar-refractivity contribution is 6.35. The lowest BCUT2D eigenvalue weighted by molar-refractivity contribution is 0.0905. The minimum Gasteiger partial charge on any atom is -0.383 e. The van der Waals surface area contributed by atoms with Gasteiger partial charge in [0, 0.05) is 18.2 Å². The van der Waals surface area contributed by atoms with Gasteiger partial charge in [-0.25, -0.2) is 0 Å². The molecule has 1 aromatic carbocycles. The molecule has 1 rings (SSSR count). The number of carbonyl (C=O) groups is 1. The molecule has 88 valence electrons. The molecule has 3 nitrogen and oxygen atoms in total. The van der Waals surface area contributed by atoms with Crippen molar-refractivity contribution in [1.82, 2.24) is 5.32 Å². The van der Waals surface area contributed by atoms with Crippen LogP contribution in [0.5, 0.6) is 0 Å². The predicted octanol–water partition coefficient (Wildman–Crippen LogP) is 2.76. The Morgan fingerprint density at radius 3 is 2.81 bits per heavy atom. The van der Waals surface area contributed by atoms with Crippen molar-refractivity contribution in [3.05, 3.63) is 33.8 Å². The molecule has 1 N–H and O–H groups in total. The fraction of sp³-hybridized carbons (Fsp3) is 0.364. The summed E-state index contributed by atoms with van der Waals surface area (Å²) in [6, 6.07) is 4.70. The van der Waals surface area contributed by atoms with Crippen LogP contribution >= 0.6 is 23.2 Å². The van der Waals surface area contributed by atoms with Crippen LogP contribution in [0.2, 0.25) is 10.0 Å². The normalized spacial score (nSPS) is 12.2. The van der Waals surface area contributed by atoms with E-state index >= 15 is 0 Å². The average Bonchev–Trinajstić information content (AvgIpc) is 2.21. The quantitative estimate of drug-likeness (QED) is 0.906. The van der Waals surface area contributed by atoms with Crippen molar-refractivity contribution in [3.8, 4) is 0 Å². The maximum Gasteiger partial charge on any atom is 0.253 e. The van der Waals surface area contributed by atoms with Crippen LogP contribution in [0.4, 0.5) is 0 Å². The molecular formula is C11H13Cl2NO2. The van der Waals surface area contributed by atoms with Gasteiger partial charge in [-0.15, -0.1) is 0 Å². The molecule has 0 radical (unpaired) electrons. The van der Waals surface area contributed by atoms with E-state index in [1.165, 1.54) is 0 Å². The molecule has 0 saturated carbocycles. The Bertz CT molecular complexity index is 382. The number of hydrogen-bond donors (Lipinski definition) is 1. The fourth-order valence-corrected chi connectivity index (χ4v) is 1.64. The van der Waals surface area contributed by atoms with Gasteiger partial charge in [0.05, 0.1) is 17.2 Å². The van der Waals surface area contributed by atoms with Crippen LogP contribution in [0.3, 0.4) is 0 Å². The molecule has 0 aromatic heterocycles. The molecule has 0 aliphatic carbocycles. The van der Waals surface area contributed by atoms with E-state index in [1.807, 2.05) is 6.92 Å². The molecular weight excluding hydrogens is 249 g/mol. The number of methoxy groups -OCH3 is 1. The van der Waals surface area contributed by atoms with Crippen molar-refractivity contribution >= 4 is 29.1 Å². The van der Waals surface area contributed by atoms with E-state index in [0.717, 1.165) is 0 Å². The maximum absolute atomic E-state index is 11.8. The van der Waals surface area contributed by atoms with Crippen LogP contribution in [0, 0.1) is 0 Å². The Kier molecular flexibility index (Phi) is 5.06. The van der Waals surface area contributed by atoms with Gasteiger partial charge in [0.2, 0.25) is 0 Å². The summed E-state index contributed by atoms with van der Waals surface area (Å²) in [5, 5.41) is 3.62. The number of ether oxygens (including phenoxy) is 1. The molecule has 1 unspecified atom stereocenters. The smallest absolute Gasteiger partial charge is 0.253 e. The lowest BCUT2D eigenvalue weighted by Crippen LogP contribution is -2.35. The Morgan fingerprint density at radius 1 is 1.50 bits per heavy atom. The first kappa shape index (κ1) is 13.3. The maximum atomic E-state index is 11.8. The molecule has 0 spiro atoms. The zero-order valence-corrected chi connectivity index (χ0v) is 10.6. The van der Waals surface area contributed by atoms with Crippen LogP contribution in [0.25, 0.3) is 0 Å². The SMILES string of the molecule is COCC(C)NC(=O)c1cc(Cl)ccc1Cl. The van der Waals surface area contributed by atoms with Crippen LogP contribution in [0.1, 0.15) is 17.3 Å². The summed E-state index contributed by atoms with van der Waals surface area (Å²) in [5.74, 6) is -0.253. The third kappa shape index (κ3) is 3.67. The monoisotopic (exact) mass is 261 g/mol. The first-order valence-corrected chi connectivity index (χ1v) is 5.55. The van der Waals surface area contributed by atoms with Crippen molar-refractivity contribution in [2.24, 2.45) is 0 Å². The summed E-state index contributed by atoms with van der Waals surface area (Å²) in [7, 11) is 1.58. The van der Waals surface area contributed by atoms with Gasteiger partial charge in [-0.2, -0.15) is 0 Å². The zero-order valence-electron chi connectivity index (χ0n) is 9.09. The van der Waals surface area contributed by atoms with E-state index in [9.17, 15) is 4.79 Å². The van der Waals surface area contributed by atoms with E-state index in [0.29, 0.717) is 22.2 Å². The van der Waals surface area contributed by atoms with E-state index in [2.05, 4.69) is 5.32 Å².